The molecule has 0 aliphatic rings. The summed E-state index contributed by atoms with van der Waals surface area (Å²) in [4.78, 5) is 11.9. The minimum absolute atomic E-state index is 0.00296. The van der Waals surface area contributed by atoms with Crippen LogP contribution < -0.4 is 15.2 Å². The molecule has 3 aromatic rings. The van der Waals surface area contributed by atoms with Crippen LogP contribution in [0.25, 0.3) is 0 Å². The third kappa shape index (κ3) is 4.97. The summed E-state index contributed by atoms with van der Waals surface area (Å²) in [5.41, 5.74) is 0.284. The van der Waals surface area contributed by atoms with Crippen molar-refractivity contribution < 1.29 is 26.2 Å². The number of amides is 1. The van der Waals surface area contributed by atoms with Gasteiger partial charge < -0.3 is 9.84 Å². The Morgan fingerprint density at radius 2 is 1.73 bits per heavy atom. The Labute approximate surface area is 177 Å². The maximum absolute atomic E-state index is 12.4. The zero-order chi connectivity index (χ0) is 22.1. The third-order valence-electron chi connectivity index (χ3n) is 3.79. The maximum Gasteiger partial charge on any atom is 0.263 e. The molecule has 3 rings (SSSR count). The molecule has 0 aliphatic heterocycles. The van der Waals surface area contributed by atoms with Crippen LogP contribution in [0.3, 0.4) is 0 Å². The van der Waals surface area contributed by atoms with Gasteiger partial charge in [0.25, 0.3) is 15.9 Å². The van der Waals surface area contributed by atoms with Crippen LogP contribution in [0.4, 0.5) is 11.5 Å². The first-order valence-corrected chi connectivity index (χ1v) is 11.6. The molecule has 0 saturated heterocycles. The van der Waals surface area contributed by atoms with Crippen LogP contribution >= 0.6 is 11.6 Å². The molecule has 30 heavy (non-hydrogen) atoms. The second kappa shape index (κ2) is 8.07. The van der Waals surface area contributed by atoms with Gasteiger partial charge in [-0.3, -0.25) is 9.52 Å². The van der Waals surface area contributed by atoms with E-state index in [9.17, 15) is 21.6 Å². The van der Waals surface area contributed by atoms with E-state index in [0.717, 1.165) is 6.07 Å². The second-order valence-electron chi connectivity index (χ2n) is 6.10. The fourth-order valence-corrected chi connectivity index (χ4v) is 4.45. The minimum Gasteiger partial charge on any atom is -0.360 e. The van der Waals surface area contributed by atoms with Gasteiger partial charge in [0.05, 0.1) is 9.92 Å². The molecule has 2 aromatic carbocycles. The Balaban J connectivity index is 1.76. The number of nitrogens with one attached hydrogen (secondary N) is 2. The number of rotatable bonds is 6. The number of hydrogen-bond acceptors (Lipinski definition) is 7. The van der Waals surface area contributed by atoms with Crippen LogP contribution in [0.5, 0.6) is 0 Å². The molecule has 1 amide bonds. The number of hydrogen-bond donors (Lipinski definition) is 3. The molecule has 0 saturated carbocycles. The summed E-state index contributed by atoms with van der Waals surface area (Å²) < 4.78 is 54.9. The first-order valence-electron chi connectivity index (χ1n) is 8.15. The van der Waals surface area contributed by atoms with E-state index in [1.165, 1.54) is 42.5 Å². The fourth-order valence-electron chi connectivity index (χ4n) is 2.39. The predicted octanol–water partition coefficient (Wildman–Crippen LogP) is 2.34. The number of carbonyl (C=O) groups excluding carboxylic acids is 1. The number of carbonyl (C=O) groups is 1. The van der Waals surface area contributed by atoms with Crippen molar-refractivity contribution >= 4 is 49.1 Å². The van der Waals surface area contributed by atoms with Gasteiger partial charge in [-0.05, 0) is 49.4 Å². The van der Waals surface area contributed by atoms with E-state index in [4.69, 9.17) is 21.3 Å². The van der Waals surface area contributed by atoms with Crippen molar-refractivity contribution in [3.63, 3.8) is 0 Å². The van der Waals surface area contributed by atoms with E-state index < -0.39 is 26.0 Å². The SMILES string of the molecule is Cc1cc(NS(=O)(=O)c2ccc(NC(=O)c3ccc(Cl)c(S(N)(=O)=O)c3)cc2)no1. The van der Waals surface area contributed by atoms with E-state index in [2.05, 4.69) is 15.2 Å². The Bertz CT molecular complexity index is 1320. The first-order chi connectivity index (χ1) is 14.0. The van der Waals surface area contributed by atoms with Crippen molar-refractivity contribution in [1.29, 1.82) is 0 Å². The van der Waals surface area contributed by atoms with Crippen LogP contribution in [0.1, 0.15) is 16.1 Å². The van der Waals surface area contributed by atoms with Crippen LogP contribution in [0, 0.1) is 6.92 Å². The van der Waals surface area contributed by atoms with E-state index >= 15 is 0 Å². The standard InChI is InChI=1S/C17H15ClN4O6S2/c1-10-8-16(21-28-10)22-30(26,27)13-5-3-12(4-6-13)20-17(23)11-2-7-14(18)15(9-11)29(19,24)25/h2-9H,1H3,(H,20,23)(H,21,22)(H2,19,24,25). The number of aryl methyl sites for hydroxylation is 1. The molecule has 0 bridgehead atoms. The smallest absolute Gasteiger partial charge is 0.263 e. The van der Waals surface area contributed by atoms with Crippen LogP contribution in [-0.4, -0.2) is 27.9 Å². The topological polar surface area (TPSA) is 161 Å². The zero-order valence-electron chi connectivity index (χ0n) is 15.3. The van der Waals surface area contributed by atoms with E-state index in [0.29, 0.717) is 5.76 Å². The highest BCUT2D eigenvalue weighted by molar-refractivity contribution is 7.92. The highest BCUT2D eigenvalue weighted by atomic mass is 35.5. The van der Waals surface area contributed by atoms with Gasteiger partial charge in [0.15, 0.2) is 5.82 Å². The normalized spacial score (nSPS) is 11.8. The molecule has 1 heterocycles. The van der Waals surface area contributed by atoms with Gasteiger partial charge in [0.1, 0.15) is 10.7 Å². The number of anilines is 2. The van der Waals surface area contributed by atoms with Crippen molar-refractivity contribution in [1.82, 2.24) is 5.16 Å². The van der Waals surface area contributed by atoms with Crippen molar-refractivity contribution in [2.75, 3.05) is 10.0 Å². The van der Waals surface area contributed by atoms with Gasteiger partial charge in [0.2, 0.25) is 10.0 Å². The van der Waals surface area contributed by atoms with Gasteiger partial charge in [-0.15, -0.1) is 0 Å². The van der Waals surface area contributed by atoms with E-state index in [1.54, 1.807) is 6.92 Å². The molecule has 10 nitrogen and oxygen atoms in total. The number of nitrogens with zero attached hydrogens (tertiary/aromatic N) is 1. The Kier molecular flexibility index (Phi) is 5.85. The Morgan fingerprint density at radius 3 is 2.30 bits per heavy atom. The molecule has 0 aliphatic carbocycles. The quantitative estimate of drug-likeness (QED) is 0.497. The lowest BCUT2D eigenvalue weighted by molar-refractivity contribution is 0.102. The summed E-state index contributed by atoms with van der Waals surface area (Å²) in [6.45, 7) is 1.62. The molecular weight excluding hydrogens is 456 g/mol. The number of sulfonamides is 2. The Morgan fingerprint density at radius 1 is 1.07 bits per heavy atom. The molecule has 158 valence electrons. The highest BCUT2D eigenvalue weighted by Crippen LogP contribution is 2.23. The lowest BCUT2D eigenvalue weighted by Gasteiger charge is -2.09. The average Bonchev–Trinajstić information content (AvgIpc) is 3.05. The van der Waals surface area contributed by atoms with Gasteiger partial charge in [-0.25, -0.2) is 22.0 Å². The molecule has 1 aromatic heterocycles. The lowest BCUT2D eigenvalue weighted by atomic mass is 10.2. The molecule has 0 atom stereocenters. The summed E-state index contributed by atoms with van der Waals surface area (Å²) in [5, 5.41) is 11.1. The van der Waals surface area contributed by atoms with Crippen molar-refractivity contribution in [3.8, 4) is 0 Å². The maximum atomic E-state index is 12.4. The van der Waals surface area contributed by atoms with Gasteiger partial charge in [-0.2, -0.15) is 0 Å². The molecule has 4 N–H and O–H groups in total. The third-order valence-corrected chi connectivity index (χ3v) is 6.55. The fraction of sp³-hybridized carbons (Fsp3) is 0.0588. The van der Waals surface area contributed by atoms with E-state index in [-0.39, 0.29) is 31.9 Å². The second-order valence-corrected chi connectivity index (χ2v) is 9.72. The minimum atomic E-state index is -4.11. The molecule has 13 heteroatoms. The summed E-state index contributed by atoms with van der Waals surface area (Å²) in [5.74, 6) is -0.153. The molecule has 0 fully saturated rings. The molecular formula is C17H15ClN4O6S2. The summed E-state index contributed by atoms with van der Waals surface area (Å²) in [6.07, 6.45) is 0. The predicted molar refractivity (Wildman–Crippen MR) is 109 cm³/mol. The number of halogens is 1. The molecule has 0 radical (unpaired) electrons. The number of aromatic nitrogens is 1. The summed E-state index contributed by atoms with van der Waals surface area (Å²) in [6, 6.07) is 10.3. The largest absolute Gasteiger partial charge is 0.360 e. The average molecular weight is 471 g/mol. The van der Waals surface area contributed by atoms with Crippen molar-refractivity contribution in [2.24, 2.45) is 5.14 Å². The molecule has 0 unspecified atom stereocenters. The summed E-state index contributed by atoms with van der Waals surface area (Å²) >= 11 is 5.80. The van der Waals surface area contributed by atoms with Crippen LogP contribution in [-0.2, 0) is 20.0 Å². The van der Waals surface area contributed by atoms with Crippen LogP contribution in [0.2, 0.25) is 5.02 Å². The number of nitrogens with two attached hydrogens (primary N) is 1. The van der Waals surface area contributed by atoms with Crippen molar-refractivity contribution in [2.45, 2.75) is 16.7 Å². The first kappa shape index (κ1) is 21.8. The molecule has 0 spiro atoms. The Hall–Kier alpha value is -2.93. The van der Waals surface area contributed by atoms with Crippen LogP contribution in [0.15, 0.2) is 62.8 Å². The van der Waals surface area contributed by atoms with Gasteiger partial charge >= 0.3 is 0 Å². The number of primary sulfonamides is 1. The lowest BCUT2D eigenvalue weighted by Crippen LogP contribution is -2.16. The summed E-state index contributed by atoms with van der Waals surface area (Å²) in [7, 11) is -8.01. The van der Waals surface area contributed by atoms with Gasteiger partial charge in [0, 0.05) is 17.3 Å². The van der Waals surface area contributed by atoms with Gasteiger partial charge in [-0.1, -0.05) is 16.8 Å². The monoisotopic (exact) mass is 470 g/mol. The van der Waals surface area contributed by atoms with E-state index in [1.807, 2.05) is 0 Å². The van der Waals surface area contributed by atoms with Crippen molar-refractivity contribution in [3.05, 3.63) is 64.9 Å². The zero-order valence-corrected chi connectivity index (χ0v) is 17.7. The number of benzene rings is 2. The highest BCUT2D eigenvalue weighted by Gasteiger charge is 2.18.